The van der Waals surface area contributed by atoms with E-state index in [1.807, 2.05) is 59.7 Å². The van der Waals surface area contributed by atoms with E-state index in [0.29, 0.717) is 60.2 Å². The minimum absolute atomic E-state index is 0.0109. The Bertz CT molecular complexity index is 4470. The van der Waals surface area contributed by atoms with Gasteiger partial charge in [0, 0.05) is 120 Å². The molecule has 2 aromatic heterocycles. The molecule has 690 valence electrons. The second-order valence-electron chi connectivity index (χ2n) is 33.2. The Morgan fingerprint density at radius 3 is 1.76 bits per heavy atom. The summed E-state index contributed by atoms with van der Waals surface area (Å²) in [5.41, 5.74) is 13.9. The molecule has 14 amide bonds. The van der Waals surface area contributed by atoms with E-state index in [1.165, 1.54) is 59.4 Å². The van der Waals surface area contributed by atoms with E-state index >= 15 is 4.79 Å². The Balaban J connectivity index is 1.07. The molecule has 11 atom stereocenters. The van der Waals surface area contributed by atoms with Crippen molar-refractivity contribution in [3.8, 4) is 5.75 Å². The van der Waals surface area contributed by atoms with Gasteiger partial charge in [-0.3, -0.25) is 53.4 Å². The fourth-order valence-corrected chi connectivity index (χ4v) is 14.4. The molecule has 4 heterocycles. The Kier molecular flexibility index (Phi) is 40.3. The first-order valence-corrected chi connectivity index (χ1v) is 42.9. The lowest BCUT2D eigenvalue weighted by atomic mass is 9.98. The number of hydrogen-bond acceptors (Lipinski definition) is 22. The summed E-state index contributed by atoms with van der Waals surface area (Å²) >= 11 is 0. The number of fused-ring (bicyclic) bond motifs is 1. The molecule has 40 nitrogen and oxygen atoms in total. The summed E-state index contributed by atoms with van der Waals surface area (Å²) in [4.78, 5) is 208. The number of aliphatic hydroxyl groups is 1. The molecule has 1 unspecified atom stereocenters. The summed E-state index contributed by atoms with van der Waals surface area (Å²) < 4.78 is 16.6. The Morgan fingerprint density at radius 1 is 0.619 bits per heavy atom. The number of para-hydroxylation sites is 1. The van der Waals surface area contributed by atoms with Crippen molar-refractivity contribution in [2.24, 2.45) is 29.2 Å². The van der Waals surface area contributed by atoms with Gasteiger partial charge in [0.15, 0.2) is 5.96 Å². The molecule has 2 fully saturated rings. The fraction of sp³-hybridized carbons (Fsp3) is 0.558. The summed E-state index contributed by atoms with van der Waals surface area (Å²) in [6.45, 7) is 16.0. The van der Waals surface area contributed by atoms with Gasteiger partial charge in [-0.15, -0.1) is 0 Å². The van der Waals surface area contributed by atoms with Crippen molar-refractivity contribution in [1.82, 2.24) is 93.5 Å². The van der Waals surface area contributed by atoms with E-state index in [-0.39, 0.29) is 157 Å². The summed E-state index contributed by atoms with van der Waals surface area (Å²) in [5.74, 6) is -8.23. The third-order valence-corrected chi connectivity index (χ3v) is 21.1. The number of rotatable bonds is 50. The number of imidazole rings is 1. The molecule has 7 rings (SSSR count). The number of benzene rings is 3. The van der Waals surface area contributed by atoms with Crippen molar-refractivity contribution in [3.63, 3.8) is 0 Å². The van der Waals surface area contributed by atoms with Crippen LogP contribution >= 0.6 is 0 Å². The maximum absolute atomic E-state index is 15.2. The molecule has 0 saturated carbocycles. The average Bonchev–Trinajstić information content (AvgIpc) is 1.70. The lowest BCUT2D eigenvalue weighted by molar-refractivity contribution is -0.154. The van der Waals surface area contributed by atoms with Gasteiger partial charge in [0.25, 0.3) is 0 Å². The van der Waals surface area contributed by atoms with Crippen molar-refractivity contribution in [2.45, 2.75) is 225 Å². The van der Waals surface area contributed by atoms with Crippen LogP contribution < -0.4 is 85.3 Å². The number of likely N-dealkylation sites (N-methyl/N-ethyl adjacent to an activating group) is 2. The number of nitrogens with one attached hydrogen (secondary N) is 16. The first-order chi connectivity index (χ1) is 60.0. The molecular formula is C86H128N22O18. The fourth-order valence-electron chi connectivity index (χ4n) is 14.4. The van der Waals surface area contributed by atoms with Crippen LogP contribution in [0.15, 0.2) is 91.5 Å². The number of anilines is 1. The van der Waals surface area contributed by atoms with Crippen molar-refractivity contribution >= 4 is 106 Å². The van der Waals surface area contributed by atoms with Gasteiger partial charge < -0.3 is 125 Å². The first-order valence-electron chi connectivity index (χ1n) is 42.9. The number of nitrogens with zero attached hydrogens (tertiary/aromatic N) is 4. The number of primary amides is 1. The summed E-state index contributed by atoms with van der Waals surface area (Å²) in [6.07, 6.45) is 5.20. The van der Waals surface area contributed by atoms with E-state index < -0.39 is 138 Å². The number of aromatic nitrogens is 3. The van der Waals surface area contributed by atoms with Gasteiger partial charge in [-0.05, 0) is 129 Å². The minimum atomic E-state index is -1.80. The van der Waals surface area contributed by atoms with E-state index in [4.69, 9.17) is 31.1 Å². The van der Waals surface area contributed by atoms with Crippen LogP contribution in [0.1, 0.15) is 149 Å². The Hall–Kier alpha value is -12.5. The molecular weight excluding hydrogens is 1630 g/mol. The predicted molar refractivity (Wildman–Crippen MR) is 468 cm³/mol. The van der Waals surface area contributed by atoms with Crippen molar-refractivity contribution in [2.75, 3.05) is 71.9 Å². The predicted octanol–water partition coefficient (Wildman–Crippen LogP) is 1.56. The van der Waals surface area contributed by atoms with Crippen molar-refractivity contribution in [3.05, 3.63) is 114 Å². The van der Waals surface area contributed by atoms with Crippen LogP contribution in [0.3, 0.4) is 0 Å². The number of likely N-dealkylation sites (tertiary alicyclic amines) is 1. The number of hydrogen-bond donors (Lipinski definition) is 19. The van der Waals surface area contributed by atoms with Crippen LogP contribution in [0, 0.1) is 23.2 Å². The van der Waals surface area contributed by atoms with E-state index in [2.05, 4.69) is 84.1 Å². The number of carbonyl (C=O) groups excluding carboxylic acids is 14. The van der Waals surface area contributed by atoms with Gasteiger partial charge in [0.1, 0.15) is 60.7 Å². The largest absolute Gasteiger partial charge is 0.464 e. The number of nitrogens with two attached hydrogens (primary N) is 2. The van der Waals surface area contributed by atoms with Gasteiger partial charge in [-0.1, -0.05) is 97.9 Å². The topological polar surface area (TPSA) is 573 Å². The summed E-state index contributed by atoms with van der Waals surface area (Å²) in [7, 11) is 2.91. The lowest BCUT2D eigenvalue weighted by Crippen LogP contribution is -2.61. The average molecular weight is 1760 g/mol. The van der Waals surface area contributed by atoms with Crippen LogP contribution in [-0.2, 0) is 88.1 Å². The Labute approximate surface area is 733 Å². The van der Waals surface area contributed by atoms with Crippen LogP contribution in [0.5, 0.6) is 5.75 Å². The zero-order valence-corrected chi connectivity index (χ0v) is 73.7. The van der Waals surface area contributed by atoms with E-state index in [0.717, 1.165) is 10.9 Å². The SMILES string of the molecule is CCOC(=O)[C@@H]1CCCN1C(=O)[C@H](CCCNC(=N)N)NC(=O)[C@H](CC(C)C)NC(=O)[C@H](CC(C)C)NC(=O)[C@H](Cc1ccc(OC(=O)N(C)CCN(C)C(=O)OCc2ccc(NC(=O)[C@H](CCCNC(N)=O)NC(=O)[C@@H](NC(C)C)C(C)C)cc2)cc1)NC(=O)[C@H](CO)NC(=O)[C@H](Cc1c[nH]c2ccccc12)NC(=O)[C@H](Cc1c[nH]cn1)NCC1CCC(=O)N1. The monoisotopic (exact) mass is 1760 g/mol. The highest BCUT2D eigenvalue weighted by atomic mass is 16.6. The number of amides is 14. The van der Waals surface area contributed by atoms with E-state index in [9.17, 15) is 67.4 Å². The summed E-state index contributed by atoms with van der Waals surface area (Å²) in [5, 5.41) is 56.2. The summed E-state index contributed by atoms with van der Waals surface area (Å²) in [6, 6.07) is 6.32. The third kappa shape index (κ3) is 32.9. The quantitative estimate of drug-likeness (QED) is 0.0114. The number of ether oxygens (including phenoxy) is 3. The highest BCUT2D eigenvalue weighted by Crippen LogP contribution is 2.25. The number of guanidine groups is 1. The number of H-pyrrole nitrogens is 2. The van der Waals surface area contributed by atoms with E-state index in [1.54, 1.807) is 63.5 Å². The molecule has 5 aromatic rings. The molecule has 0 bridgehead atoms. The van der Waals surface area contributed by atoms with Crippen LogP contribution in [-0.4, -0.2) is 263 Å². The molecule has 0 spiro atoms. The highest BCUT2D eigenvalue weighted by molar-refractivity contribution is 6.00. The molecule has 2 aliphatic rings. The number of aromatic amines is 2. The molecule has 0 radical (unpaired) electrons. The maximum Gasteiger partial charge on any atom is 0.415 e. The second kappa shape index (κ2) is 50.5. The first kappa shape index (κ1) is 101. The van der Waals surface area contributed by atoms with Crippen LogP contribution in [0.4, 0.5) is 20.1 Å². The van der Waals surface area contributed by atoms with Crippen LogP contribution in [0.25, 0.3) is 10.9 Å². The van der Waals surface area contributed by atoms with Gasteiger partial charge in [0.2, 0.25) is 59.1 Å². The van der Waals surface area contributed by atoms with Gasteiger partial charge in [0.05, 0.1) is 37.3 Å². The van der Waals surface area contributed by atoms with Crippen molar-refractivity contribution < 1.29 is 86.4 Å². The van der Waals surface area contributed by atoms with Gasteiger partial charge in [-0.25, -0.2) is 24.2 Å². The molecule has 21 N–H and O–H groups in total. The molecule has 2 aliphatic heterocycles. The van der Waals surface area contributed by atoms with Crippen LogP contribution in [0.2, 0.25) is 0 Å². The number of esters is 1. The standard InChI is InChI=1S/C86H128N22O18/c1-12-124-82(120)70-22-17-35-108(70)81(119)63(21-16-33-91-83(87)88)100-75(113)65(38-49(2)3)101-76(114)66(39-50(4)5)102-77(115)67(103-79(117)69(46-109)105-78(116)68(41-55-43-93-61-19-14-13-18-60(55)61)104-74(112)64(42-58-44-90-48-95-58)94-45-57-29-32-71(110)97-57)40-53-25-30-59(31-26-53)126-86(123)107(11)37-36-106(10)85(122)125-47-54-23-27-56(28-24-54)98-73(111)62(20-15-34-92-84(89)121)99-80(118)72(51(6)7)96-52(8)9/h13-14,18-19,23-28,30-31,43-44,48-52,57,62-70,72,93-94,96,109H,12,15-17,20-22,29,32-42,45-47H2,1-11H3,(H,90,95)(H,97,110)(H,98,111)(H,99,118)(H,100,113)(H,101,114)(H,102,115)(H,103,117)(H,104,112)(H,105,116)(H4,87,88,91)(H3,89,92,121)/t57?,62-,63-,64-,65-,66-,67-,68-,69-,70-,72-/m0/s1. The zero-order chi connectivity index (χ0) is 92.3. The maximum atomic E-state index is 15.2. The molecule has 0 aliphatic carbocycles. The number of aliphatic hydroxyl groups excluding tert-OH is 1. The third-order valence-electron chi connectivity index (χ3n) is 21.1. The van der Waals surface area contributed by atoms with Gasteiger partial charge >= 0.3 is 24.2 Å². The normalized spacial score (nSPS) is 15.8. The number of carbonyl (C=O) groups is 14. The molecule has 126 heavy (non-hydrogen) atoms. The number of urea groups is 1. The van der Waals surface area contributed by atoms with Crippen molar-refractivity contribution in [1.29, 1.82) is 5.41 Å². The molecule has 3 aromatic carbocycles. The zero-order valence-electron chi connectivity index (χ0n) is 73.7. The molecule has 40 heteroatoms. The minimum Gasteiger partial charge on any atom is -0.464 e. The molecule has 2 saturated heterocycles. The smallest absolute Gasteiger partial charge is 0.415 e. The highest BCUT2D eigenvalue weighted by Gasteiger charge is 2.41. The lowest BCUT2D eigenvalue weighted by Gasteiger charge is -2.30. The second-order valence-corrected chi connectivity index (χ2v) is 33.2. The Morgan fingerprint density at radius 2 is 1.18 bits per heavy atom. The van der Waals surface area contributed by atoms with Gasteiger partial charge in [-0.2, -0.15) is 0 Å².